The van der Waals surface area contributed by atoms with E-state index in [4.69, 9.17) is 34.5 Å². The molecule has 2 aromatic heterocycles. The van der Waals surface area contributed by atoms with E-state index in [-0.39, 0.29) is 5.56 Å². The second kappa shape index (κ2) is 10.9. The molecule has 1 atom stereocenters. The molecule has 0 saturated carbocycles. The van der Waals surface area contributed by atoms with Crippen molar-refractivity contribution >= 4 is 28.8 Å². The summed E-state index contributed by atoms with van der Waals surface area (Å²) >= 11 is 0. The van der Waals surface area contributed by atoms with Gasteiger partial charge in [-0.2, -0.15) is 0 Å². The molecule has 8 N–H and O–H groups in total. The quantitative estimate of drug-likeness (QED) is 0.214. The van der Waals surface area contributed by atoms with Crippen LogP contribution in [0, 0.1) is 0 Å². The maximum Gasteiger partial charge on any atom is 0.368 e. The Bertz CT molecular complexity index is 1010. The highest BCUT2D eigenvalue weighted by molar-refractivity contribution is 7.70. The maximum atomic E-state index is 11.0. The van der Waals surface area contributed by atoms with Crippen LogP contribution in [-0.2, 0) is 31.3 Å². The zero-order valence-corrected chi connectivity index (χ0v) is 18.7. The van der Waals surface area contributed by atoms with Crippen molar-refractivity contribution in [2.24, 2.45) is 0 Å². The van der Waals surface area contributed by atoms with Gasteiger partial charge in [0.2, 0.25) is 0 Å². The molecular formula is C15H21N2O12P3. The fraction of sp³-hybridized carbons (Fsp3) is 0.267. The van der Waals surface area contributed by atoms with Gasteiger partial charge in [-0.1, -0.05) is 12.1 Å². The van der Waals surface area contributed by atoms with Crippen molar-refractivity contribution in [2.45, 2.75) is 23.6 Å². The second-order valence-corrected chi connectivity index (χ2v) is 12.3. The number of hydrogen-bond acceptors (Lipinski definition) is 7. The smallest absolute Gasteiger partial charge is 0.368 e. The third-order valence-electron chi connectivity index (χ3n) is 3.92. The van der Waals surface area contributed by atoms with Crippen LogP contribution in [0.1, 0.15) is 11.1 Å². The van der Waals surface area contributed by atoms with E-state index in [1.54, 1.807) is 0 Å². The summed E-state index contributed by atoms with van der Waals surface area (Å²) in [5, 5.41) is 13.0. The molecule has 0 fully saturated rings. The van der Waals surface area contributed by atoms with Crippen LogP contribution in [0.15, 0.2) is 49.1 Å². The second-order valence-electron chi connectivity index (χ2n) is 6.43. The summed E-state index contributed by atoms with van der Waals surface area (Å²) in [6.07, 6.45) is 4.28. The number of carboxylic acids is 1. The molecule has 2 aromatic rings. The van der Waals surface area contributed by atoms with Gasteiger partial charge in [0, 0.05) is 31.2 Å². The van der Waals surface area contributed by atoms with Crippen molar-refractivity contribution in [2.75, 3.05) is 0 Å². The Labute approximate surface area is 181 Å². The van der Waals surface area contributed by atoms with Gasteiger partial charge in [0.1, 0.15) is 0 Å². The standard InChI is InChI=1S/C8H10NO6P.C7H11NO6P2/c10-7(11)8(12,16(13,14)15)4-6-2-1-3-9-5-6;9-15(10,11)7(16(12,13)14)4-6-2-1-3-8-5-6/h1-3,5,12H,4H2,(H,10,11)(H2,13,14,15);1-3,5,7H,4H2,(H2,9,10,11)(H2,12,13,14). The zero-order chi connectivity index (χ0) is 24.8. The van der Waals surface area contributed by atoms with Crippen LogP contribution in [0.25, 0.3) is 0 Å². The molecule has 0 aromatic carbocycles. The van der Waals surface area contributed by atoms with Crippen LogP contribution in [-0.4, -0.2) is 66.3 Å². The summed E-state index contributed by atoms with van der Waals surface area (Å²) in [4.78, 5) is 71.2. The Kier molecular flexibility index (Phi) is 9.58. The van der Waals surface area contributed by atoms with E-state index < -0.39 is 52.3 Å². The monoisotopic (exact) mass is 514 g/mol. The van der Waals surface area contributed by atoms with Crippen LogP contribution >= 0.6 is 22.8 Å². The molecule has 2 rings (SSSR count). The first kappa shape index (κ1) is 28.2. The number of hydrogen-bond donors (Lipinski definition) is 8. The highest BCUT2D eigenvalue weighted by Crippen LogP contribution is 2.60. The van der Waals surface area contributed by atoms with Gasteiger partial charge < -0.3 is 39.6 Å². The molecule has 2 heterocycles. The number of aliphatic hydroxyl groups is 1. The third-order valence-corrected chi connectivity index (χ3v) is 8.95. The first-order valence-electron chi connectivity index (χ1n) is 8.38. The largest absolute Gasteiger partial charge is 0.479 e. The fourth-order valence-electron chi connectivity index (χ4n) is 2.25. The van der Waals surface area contributed by atoms with Gasteiger partial charge in [-0.25, -0.2) is 4.79 Å². The Morgan fingerprint density at radius 3 is 1.62 bits per heavy atom. The van der Waals surface area contributed by atoms with E-state index >= 15 is 0 Å². The minimum atomic E-state index is -5.18. The lowest BCUT2D eigenvalue weighted by atomic mass is 10.1. The van der Waals surface area contributed by atoms with Crippen molar-refractivity contribution in [1.29, 1.82) is 0 Å². The van der Waals surface area contributed by atoms with Gasteiger partial charge in [-0.15, -0.1) is 0 Å². The number of aliphatic carboxylic acids is 1. The lowest BCUT2D eigenvalue weighted by Gasteiger charge is -2.23. The highest BCUT2D eigenvalue weighted by atomic mass is 31.2. The number of nitrogens with zero attached hydrogens (tertiary/aromatic N) is 2. The van der Waals surface area contributed by atoms with Gasteiger partial charge in [0.15, 0.2) is 5.40 Å². The molecule has 0 spiro atoms. The van der Waals surface area contributed by atoms with Gasteiger partial charge in [-0.3, -0.25) is 23.7 Å². The van der Waals surface area contributed by atoms with Crippen LogP contribution < -0.4 is 0 Å². The number of carbonyl (C=O) groups is 1. The summed E-state index contributed by atoms with van der Waals surface area (Å²) in [5.74, 6) is -1.97. The first-order valence-corrected chi connectivity index (χ1v) is 13.4. The average molecular weight is 514 g/mol. The first-order chi connectivity index (χ1) is 14.5. The van der Waals surface area contributed by atoms with Gasteiger partial charge in [0.25, 0.3) is 5.34 Å². The van der Waals surface area contributed by atoms with E-state index in [9.17, 15) is 23.6 Å². The molecule has 17 heteroatoms. The summed E-state index contributed by atoms with van der Waals surface area (Å²) < 4.78 is 32.9. The summed E-state index contributed by atoms with van der Waals surface area (Å²) in [6, 6.07) is 5.89. The van der Waals surface area contributed by atoms with Crippen LogP contribution in [0.4, 0.5) is 0 Å². The number of carboxylic acid groups (broad SMARTS) is 1. The zero-order valence-electron chi connectivity index (χ0n) is 16.1. The minimum Gasteiger partial charge on any atom is -0.479 e. The van der Waals surface area contributed by atoms with Gasteiger partial charge >= 0.3 is 28.8 Å². The van der Waals surface area contributed by atoms with Crippen molar-refractivity contribution in [1.82, 2.24) is 9.97 Å². The number of rotatable bonds is 8. The normalized spacial score (nSPS) is 14.2. The van der Waals surface area contributed by atoms with Crippen molar-refractivity contribution in [3.8, 4) is 0 Å². The molecule has 0 saturated heterocycles. The van der Waals surface area contributed by atoms with Gasteiger partial charge in [-0.05, 0) is 29.7 Å². The highest BCUT2D eigenvalue weighted by Gasteiger charge is 2.52. The molecule has 32 heavy (non-hydrogen) atoms. The molecule has 0 bridgehead atoms. The van der Waals surface area contributed by atoms with Crippen LogP contribution in [0.3, 0.4) is 0 Å². The van der Waals surface area contributed by atoms with Crippen molar-refractivity contribution in [3.63, 3.8) is 0 Å². The summed E-state index contributed by atoms with van der Waals surface area (Å²) in [7, 11) is -14.9. The van der Waals surface area contributed by atoms with E-state index in [1.165, 1.54) is 49.1 Å². The van der Waals surface area contributed by atoms with E-state index in [0.717, 1.165) is 0 Å². The molecule has 0 aliphatic heterocycles. The lowest BCUT2D eigenvalue weighted by Crippen LogP contribution is -2.40. The molecule has 0 amide bonds. The van der Waals surface area contributed by atoms with Crippen molar-refractivity contribution < 1.29 is 58.1 Å². The number of aromatic nitrogens is 2. The minimum absolute atomic E-state index is 0.218. The topological polar surface area (TPSA) is 256 Å². The predicted octanol–water partition coefficient (Wildman–Crippen LogP) is -0.119. The Balaban J connectivity index is 0.000000320. The Morgan fingerprint density at radius 1 is 0.875 bits per heavy atom. The van der Waals surface area contributed by atoms with Crippen molar-refractivity contribution in [3.05, 3.63) is 60.2 Å². The fourth-order valence-corrected chi connectivity index (χ4v) is 5.36. The summed E-state index contributed by atoms with van der Waals surface area (Å²) in [6.45, 7) is 0. The maximum absolute atomic E-state index is 11.0. The van der Waals surface area contributed by atoms with E-state index in [1.807, 2.05) is 0 Å². The van der Waals surface area contributed by atoms with E-state index in [2.05, 4.69) is 9.97 Å². The molecule has 14 nitrogen and oxygen atoms in total. The molecule has 0 aliphatic carbocycles. The van der Waals surface area contributed by atoms with Crippen LogP contribution in [0.2, 0.25) is 0 Å². The molecular weight excluding hydrogens is 493 g/mol. The SMILES string of the molecule is O=C(O)C(O)(Cc1cccnc1)P(=O)(O)O.O=P(O)(O)C(Cc1cccnc1)P(=O)(O)O. The van der Waals surface area contributed by atoms with Crippen LogP contribution in [0.5, 0.6) is 0 Å². The average Bonchev–Trinajstić information content (AvgIpc) is 2.65. The molecule has 178 valence electrons. The molecule has 1 unspecified atom stereocenters. The van der Waals surface area contributed by atoms with E-state index in [0.29, 0.717) is 5.56 Å². The number of pyridine rings is 2. The Morgan fingerprint density at radius 2 is 1.31 bits per heavy atom. The summed E-state index contributed by atoms with van der Waals surface area (Å²) in [5.41, 5.74) is 0.579. The molecule has 0 aliphatic rings. The predicted molar refractivity (Wildman–Crippen MR) is 108 cm³/mol. The molecule has 0 radical (unpaired) electrons. The van der Waals surface area contributed by atoms with Gasteiger partial charge in [0.05, 0.1) is 0 Å². The third kappa shape index (κ3) is 8.27. The lowest BCUT2D eigenvalue weighted by molar-refractivity contribution is -0.151. The Hall–Kier alpha value is -1.82.